The fourth-order valence-electron chi connectivity index (χ4n) is 5.09. The highest BCUT2D eigenvalue weighted by Crippen LogP contribution is 2.33. The van der Waals surface area contributed by atoms with Crippen LogP contribution in [0.15, 0.2) is 67.1 Å². The van der Waals surface area contributed by atoms with Gasteiger partial charge in [0, 0.05) is 42.0 Å². The molecule has 0 aliphatic carbocycles. The minimum atomic E-state index is -0.295. The highest BCUT2D eigenvalue weighted by Gasteiger charge is 2.18. The molecule has 10 heteroatoms. The van der Waals surface area contributed by atoms with Gasteiger partial charge >= 0.3 is 0 Å². The second-order valence-electron chi connectivity index (χ2n) is 11.6. The number of nitrogens with zero attached hydrogens (tertiary/aromatic N) is 4. The molecule has 1 amide bonds. The molecule has 4 N–H and O–H groups in total. The van der Waals surface area contributed by atoms with Crippen molar-refractivity contribution >= 4 is 33.7 Å². The second kappa shape index (κ2) is 10.8. The third kappa shape index (κ3) is 5.61. The first-order valence-corrected chi connectivity index (χ1v) is 13.7. The molecule has 0 fully saturated rings. The maximum atomic E-state index is 14.5. The van der Waals surface area contributed by atoms with Crippen LogP contribution in [0, 0.1) is 11.2 Å². The Bertz CT molecular complexity index is 1930. The summed E-state index contributed by atoms with van der Waals surface area (Å²) in [7, 11) is 1.83. The smallest absolute Gasteiger partial charge is 0.224 e. The van der Waals surface area contributed by atoms with E-state index in [1.807, 2.05) is 64.2 Å². The van der Waals surface area contributed by atoms with Crippen molar-refractivity contribution in [2.75, 3.05) is 12.4 Å². The van der Waals surface area contributed by atoms with Crippen molar-refractivity contribution in [3.8, 4) is 33.8 Å². The summed E-state index contributed by atoms with van der Waals surface area (Å²) in [5.41, 5.74) is 7.32. The number of nitrogens with one attached hydrogen (secondary N) is 4. The molecule has 6 rings (SSSR count). The molecule has 0 saturated carbocycles. The number of carbonyl (C=O) groups is 1. The third-order valence-electron chi connectivity index (χ3n) is 6.85. The van der Waals surface area contributed by atoms with Crippen molar-refractivity contribution in [1.29, 1.82) is 0 Å². The molecule has 4 aromatic heterocycles. The van der Waals surface area contributed by atoms with Gasteiger partial charge in [-0.25, -0.2) is 14.4 Å². The van der Waals surface area contributed by atoms with E-state index in [0.717, 1.165) is 44.2 Å². The first kappa shape index (κ1) is 27.2. The van der Waals surface area contributed by atoms with Crippen molar-refractivity contribution in [2.24, 2.45) is 5.41 Å². The fraction of sp³-hybridized carbons (Fsp3) is 0.219. The van der Waals surface area contributed by atoms with Gasteiger partial charge in [-0.15, -0.1) is 0 Å². The summed E-state index contributed by atoms with van der Waals surface area (Å²) in [5.74, 6) is 0.232. The largest absolute Gasteiger partial charge is 0.337 e. The lowest BCUT2D eigenvalue weighted by atomic mass is 9.92. The van der Waals surface area contributed by atoms with Gasteiger partial charge in [0.05, 0.1) is 28.3 Å². The van der Waals surface area contributed by atoms with E-state index in [-0.39, 0.29) is 17.1 Å². The van der Waals surface area contributed by atoms with Gasteiger partial charge in [-0.2, -0.15) is 5.10 Å². The van der Waals surface area contributed by atoms with Crippen LogP contribution in [0.1, 0.15) is 32.8 Å². The van der Waals surface area contributed by atoms with E-state index < -0.39 is 0 Å². The summed E-state index contributed by atoms with van der Waals surface area (Å²) < 4.78 is 14.5. The van der Waals surface area contributed by atoms with Gasteiger partial charge in [-0.3, -0.25) is 14.9 Å². The Morgan fingerprint density at radius 3 is 2.64 bits per heavy atom. The van der Waals surface area contributed by atoms with Gasteiger partial charge in [0.15, 0.2) is 11.5 Å². The number of rotatable bonds is 7. The monoisotopic (exact) mass is 562 g/mol. The minimum absolute atomic E-state index is 0.0621. The predicted octanol–water partition coefficient (Wildman–Crippen LogP) is 6.46. The molecule has 0 radical (unpaired) electrons. The van der Waals surface area contributed by atoms with E-state index in [1.165, 1.54) is 12.1 Å². The van der Waals surface area contributed by atoms with Crippen LogP contribution in [-0.2, 0) is 11.3 Å². The number of halogens is 1. The Kier molecular flexibility index (Phi) is 6.99. The Hall–Kier alpha value is -4.96. The molecule has 0 saturated heterocycles. The van der Waals surface area contributed by atoms with Crippen LogP contribution in [-0.4, -0.2) is 43.1 Å². The number of pyridine rings is 2. The normalized spacial score (nSPS) is 11.8. The number of aromatic nitrogens is 6. The van der Waals surface area contributed by atoms with Crippen molar-refractivity contribution in [3.05, 3.63) is 78.5 Å². The third-order valence-corrected chi connectivity index (χ3v) is 6.85. The number of hydrogen-bond donors (Lipinski definition) is 4. The molecule has 0 atom stereocenters. The quantitative estimate of drug-likeness (QED) is 0.177. The second-order valence-corrected chi connectivity index (χ2v) is 11.6. The molecule has 0 spiro atoms. The number of hydrogen-bond acceptors (Lipinski definition) is 6. The van der Waals surface area contributed by atoms with Gasteiger partial charge in [0.2, 0.25) is 5.91 Å². The van der Waals surface area contributed by atoms with E-state index >= 15 is 0 Å². The topological polar surface area (TPSA) is 124 Å². The zero-order valence-electron chi connectivity index (χ0n) is 23.8. The summed E-state index contributed by atoms with van der Waals surface area (Å²) in [4.78, 5) is 29.7. The summed E-state index contributed by atoms with van der Waals surface area (Å²) in [6.45, 7) is 6.63. The average Bonchev–Trinajstić information content (AvgIpc) is 3.55. The molecule has 6 aromatic rings. The number of anilines is 1. The molecular weight excluding hydrogens is 531 g/mol. The van der Waals surface area contributed by atoms with Crippen LogP contribution in [0.2, 0.25) is 0 Å². The first-order chi connectivity index (χ1) is 20.2. The van der Waals surface area contributed by atoms with Gasteiger partial charge in [0.25, 0.3) is 0 Å². The van der Waals surface area contributed by atoms with Crippen LogP contribution in [0.4, 0.5) is 10.1 Å². The number of carbonyl (C=O) groups excluding carboxylic acids is 1. The summed E-state index contributed by atoms with van der Waals surface area (Å²) in [5, 5.41) is 14.3. The van der Waals surface area contributed by atoms with Crippen LogP contribution in [0.3, 0.4) is 0 Å². The number of fused-ring (bicyclic) bond motifs is 2. The molecule has 0 bridgehead atoms. The van der Waals surface area contributed by atoms with E-state index in [1.54, 1.807) is 18.6 Å². The SMILES string of the molecule is CNCc1cc(F)cc(-c2cccc3[nH]c(-c4[nH]nc5ncc(-c6cncc(NC(=O)CC(C)(C)C)c6)cc45)nc23)c1. The number of para-hydroxylation sites is 1. The summed E-state index contributed by atoms with van der Waals surface area (Å²) >= 11 is 0. The first-order valence-electron chi connectivity index (χ1n) is 13.7. The van der Waals surface area contributed by atoms with Crippen molar-refractivity contribution in [3.63, 3.8) is 0 Å². The molecule has 2 aromatic carbocycles. The molecule has 4 heterocycles. The highest BCUT2D eigenvalue weighted by atomic mass is 19.1. The molecule has 212 valence electrons. The van der Waals surface area contributed by atoms with Crippen molar-refractivity contribution < 1.29 is 9.18 Å². The number of H-pyrrole nitrogens is 2. The van der Waals surface area contributed by atoms with Gasteiger partial charge < -0.3 is 15.6 Å². The van der Waals surface area contributed by atoms with Gasteiger partial charge in [-0.05, 0) is 60.0 Å². The molecule has 0 unspecified atom stereocenters. The maximum Gasteiger partial charge on any atom is 0.224 e. The number of amides is 1. The van der Waals surface area contributed by atoms with Crippen LogP contribution in [0.25, 0.3) is 55.8 Å². The van der Waals surface area contributed by atoms with Crippen molar-refractivity contribution in [2.45, 2.75) is 33.7 Å². The minimum Gasteiger partial charge on any atom is -0.337 e. The number of aromatic amines is 2. The lowest BCUT2D eigenvalue weighted by Gasteiger charge is -2.17. The lowest BCUT2D eigenvalue weighted by Crippen LogP contribution is -2.19. The van der Waals surface area contributed by atoms with Crippen LogP contribution in [0.5, 0.6) is 0 Å². The van der Waals surface area contributed by atoms with E-state index in [2.05, 4.69) is 35.8 Å². The Morgan fingerprint density at radius 1 is 1.00 bits per heavy atom. The summed E-state index contributed by atoms with van der Waals surface area (Å²) in [6, 6.07) is 14.7. The molecule has 0 aliphatic heterocycles. The van der Waals surface area contributed by atoms with Crippen LogP contribution >= 0.6 is 0 Å². The van der Waals surface area contributed by atoms with Gasteiger partial charge in [0.1, 0.15) is 11.5 Å². The Morgan fingerprint density at radius 2 is 1.83 bits per heavy atom. The van der Waals surface area contributed by atoms with Crippen molar-refractivity contribution in [1.82, 2.24) is 35.5 Å². The van der Waals surface area contributed by atoms with E-state index in [9.17, 15) is 9.18 Å². The highest BCUT2D eigenvalue weighted by molar-refractivity contribution is 5.97. The standard InChI is InChI=1S/C32H31FN8O/c1-32(2,3)13-27(42)37-23-11-20(15-35-17-23)21-12-25-29(40-41-30(25)36-16-21)31-38-26-7-5-6-24(28(26)39-31)19-8-18(14-34-4)9-22(33)10-19/h5-12,15-17,34H,13-14H2,1-4H3,(H,37,42)(H,38,39)(H,36,40,41). The maximum absolute atomic E-state index is 14.5. The van der Waals surface area contributed by atoms with E-state index in [4.69, 9.17) is 4.98 Å². The summed E-state index contributed by atoms with van der Waals surface area (Å²) in [6.07, 6.45) is 5.50. The zero-order chi connectivity index (χ0) is 29.4. The number of imidazole rings is 1. The average molecular weight is 563 g/mol. The molecule has 42 heavy (non-hydrogen) atoms. The lowest BCUT2D eigenvalue weighted by molar-refractivity contribution is -0.117. The Balaban J connectivity index is 1.36. The number of benzene rings is 2. The predicted molar refractivity (Wildman–Crippen MR) is 163 cm³/mol. The zero-order valence-corrected chi connectivity index (χ0v) is 23.8. The van der Waals surface area contributed by atoms with Gasteiger partial charge in [-0.1, -0.05) is 32.9 Å². The Labute approximate surface area is 242 Å². The molecule has 0 aliphatic rings. The molecule has 9 nitrogen and oxygen atoms in total. The van der Waals surface area contributed by atoms with Crippen LogP contribution < -0.4 is 10.6 Å². The van der Waals surface area contributed by atoms with E-state index in [0.29, 0.717) is 35.8 Å². The molecular formula is C32H31FN8O. The fourth-order valence-corrected chi connectivity index (χ4v) is 5.09.